The average Bonchev–Trinajstić information content (AvgIpc) is 3.31. The number of halogens is 2. The number of benzene rings is 1. The summed E-state index contributed by atoms with van der Waals surface area (Å²) in [6.07, 6.45) is 2.80. The molecule has 0 bridgehead atoms. The van der Waals surface area contributed by atoms with Crippen LogP contribution >= 0.6 is 11.6 Å². The lowest BCUT2D eigenvalue weighted by Gasteiger charge is -2.22. The smallest absolute Gasteiger partial charge is 0.243 e. The third-order valence-corrected chi connectivity index (χ3v) is 5.65. The molecule has 0 amide bonds. The monoisotopic (exact) mass is 340 g/mol. The number of nitrogens with zero attached hydrogens (tertiary/aromatic N) is 2. The van der Waals surface area contributed by atoms with Gasteiger partial charge in [0, 0.05) is 24.3 Å². The molecule has 1 saturated carbocycles. The average molecular weight is 341 g/mol. The van der Waals surface area contributed by atoms with Crippen molar-refractivity contribution in [3.05, 3.63) is 59.1 Å². The summed E-state index contributed by atoms with van der Waals surface area (Å²) in [7, 11) is -3.72. The van der Waals surface area contributed by atoms with Gasteiger partial charge in [-0.05, 0) is 31.0 Å². The van der Waals surface area contributed by atoms with Crippen molar-refractivity contribution in [3.63, 3.8) is 0 Å². The van der Waals surface area contributed by atoms with Crippen molar-refractivity contribution in [1.29, 1.82) is 0 Å². The summed E-state index contributed by atoms with van der Waals surface area (Å²) in [5, 5.41) is 0.228. The van der Waals surface area contributed by atoms with Crippen molar-refractivity contribution in [2.24, 2.45) is 0 Å². The molecule has 0 radical (unpaired) electrons. The highest BCUT2D eigenvalue weighted by Crippen LogP contribution is 2.33. The molecule has 0 unspecified atom stereocenters. The van der Waals surface area contributed by atoms with Crippen LogP contribution < -0.4 is 0 Å². The minimum absolute atomic E-state index is 0.0162. The molecule has 1 heterocycles. The molecule has 0 N–H and O–H groups in total. The third-order valence-electron chi connectivity index (χ3n) is 3.55. The highest BCUT2D eigenvalue weighted by atomic mass is 35.5. The van der Waals surface area contributed by atoms with Gasteiger partial charge >= 0.3 is 0 Å². The summed E-state index contributed by atoms with van der Waals surface area (Å²) in [5.74, 6) is -0.405. The second-order valence-electron chi connectivity index (χ2n) is 5.19. The molecule has 1 fully saturated rings. The molecular weight excluding hydrogens is 327 g/mol. The summed E-state index contributed by atoms with van der Waals surface area (Å²) in [6, 6.07) is 8.97. The molecule has 7 heteroatoms. The van der Waals surface area contributed by atoms with E-state index >= 15 is 0 Å². The molecule has 1 aliphatic rings. The molecule has 116 valence electrons. The summed E-state index contributed by atoms with van der Waals surface area (Å²) in [5.41, 5.74) is 0.361. The molecular formula is C15H14ClFN2O2S. The van der Waals surface area contributed by atoms with Gasteiger partial charge in [-0.2, -0.15) is 4.31 Å². The van der Waals surface area contributed by atoms with Crippen LogP contribution in [0.25, 0.3) is 0 Å². The summed E-state index contributed by atoms with van der Waals surface area (Å²) < 4.78 is 40.7. The lowest BCUT2D eigenvalue weighted by Crippen LogP contribution is -2.33. The van der Waals surface area contributed by atoms with E-state index in [2.05, 4.69) is 4.98 Å². The molecule has 0 saturated heterocycles. The van der Waals surface area contributed by atoms with Crippen molar-refractivity contribution in [2.45, 2.75) is 30.3 Å². The van der Waals surface area contributed by atoms with Crippen molar-refractivity contribution in [1.82, 2.24) is 9.29 Å². The summed E-state index contributed by atoms with van der Waals surface area (Å²) in [4.78, 5) is 3.89. The Kier molecular flexibility index (Phi) is 4.16. The van der Waals surface area contributed by atoms with Crippen molar-refractivity contribution >= 4 is 21.6 Å². The summed E-state index contributed by atoms with van der Waals surface area (Å²) >= 11 is 5.70. The van der Waals surface area contributed by atoms with E-state index in [9.17, 15) is 12.8 Å². The quantitative estimate of drug-likeness (QED) is 0.785. The van der Waals surface area contributed by atoms with Crippen molar-refractivity contribution < 1.29 is 12.8 Å². The topological polar surface area (TPSA) is 50.3 Å². The van der Waals surface area contributed by atoms with Crippen LogP contribution in [-0.4, -0.2) is 23.7 Å². The SMILES string of the molecule is O=S(=O)(c1ccc(Cl)nc1)N(Cc1ccccc1F)C1CC1. The maximum absolute atomic E-state index is 13.8. The zero-order valence-corrected chi connectivity index (χ0v) is 13.2. The Hall–Kier alpha value is -1.50. The molecule has 1 aromatic heterocycles. The first-order chi connectivity index (χ1) is 10.5. The predicted molar refractivity (Wildman–Crippen MR) is 81.4 cm³/mol. The van der Waals surface area contributed by atoms with Gasteiger partial charge in [0.15, 0.2) is 0 Å². The van der Waals surface area contributed by atoms with Crippen LogP contribution in [0.3, 0.4) is 0 Å². The van der Waals surface area contributed by atoms with Gasteiger partial charge in [-0.15, -0.1) is 0 Å². The first kappa shape index (κ1) is 15.4. The molecule has 4 nitrogen and oxygen atoms in total. The first-order valence-electron chi connectivity index (χ1n) is 6.85. The van der Waals surface area contributed by atoms with Crippen LogP contribution in [0.1, 0.15) is 18.4 Å². The van der Waals surface area contributed by atoms with E-state index < -0.39 is 15.8 Å². The van der Waals surface area contributed by atoms with Crippen LogP contribution in [0.15, 0.2) is 47.5 Å². The van der Waals surface area contributed by atoms with E-state index in [0.29, 0.717) is 5.56 Å². The van der Waals surface area contributed by atoms with Gasteiger partial charge in [0.2, 0.25) is 10.0 Å². The predicted octanol–water partition coefficient (Wildman–Crippen LogP) is 3.23. The number of rotatable bonds is 5. The number of sulfonamides is 1. The molecule has 22 heavy (non-hydrogen) atoms. The Morgan fingerprint density at radius 2 is 1.95 bits per heavy atom. The molecule has 2 aromatic rings. The largest absolute Gasteiger partial charge is 0.245 e. The molecule has 0 spiro atoms. The van der Waals surface area contributed by atoms with Gasteiger partial charge in [-0.1, -0.05) is 29.8 Å². The van der Waals surface area contributed by atoms with Crippen molar-refractivity contribution in [2.75, 3.05) is 0 Å². The highest BCUT2D eigenvalue weighted by molar-refractivity contribution is 7.89. The Labute approximate surface area is 133 Å². The van der Waals surface area contributed by atoms with Crippen molar-refractivity contribution in [3.8, 4) is 0 Å². The van der Waals surface area contributed by atoms with Crippen LogP contribution in [0.5, 0.6) is 0 Å². The van der Waals surface area contributed by atoms with E-state index in [0.717, 1.165) is 12.8 Å². The third kappa shape index (κ3) is 3.14. The van der Waals surface area contributed by atoms with Gasteiger partial charge in [-0.25, -0.2) is 17.8 Å². The lowest BCUT2D eigenvalue weighted by molar-refractivity contribution is 0.391. The van der Waals surface area contributed by atoms with E-state index in [-0.39, 0.29) is 22.6 Å². The fourth-order valence-corrected chi connectivity index (χ4v) is 3.94. The molecule has 3 rings (SSSR count). The number of hydrogen-bond donors (Lipinski definition) is 0. The summed E-state index contributed by atoms with van der Waals surface area (Å²) in [6.45, 7) is 0.0162. The van der Waals surface area contributed by atoms with E-state index in [1.54, 1.807) is 18.2 Å². The first-order valence-corrected chi connectivity index (χ1v) is 8.67. The highest BCUT2D eigenvalue weighted by Gasteiger charge is 2.38. The molecule has 1 aromatic carbocycles. The molecule has 0 atom stereocenters. The Balaban J connectivity index is 1.94. The van der Waals surface area contributed by atoms with Gasteiger partial charge in [0.1, 0.15) is 15.9 Å². The lowest BCUT2D eigenvalue weighted by atomic mass is 10.2. The standard InChI is InChI=1S/C15H14ClFN2O2S/c16-15-8-7-13(9-18-15)22(20,21)19(12-5-6-12)10-11-3-1-2-4-14(11)17/h1-4,7-9,12H,5-6,10H2. The van der Waals surface area contributed by atoms with Crippen LogP contribution in [0, 0.1) is 5.82 Å². The van der Waals surface area contributed by atoms with Crippen LogP contribution in [-0.2, 0) is 16.6 Å². The van der Waals surface area contributed by atoms with Crippen LogP contribution in [0.2, 0.25) is 5.15 Å². The fraction of sp³-hybridized carbons (Fsp3) is 0.267. The molecule has 0 aliphatic heterocycles. The minimum Gasteiger partial charge on any atom is -0.243 e. The van der Waals surface area contributed by atoms with Gasteiger partial charge < -0.3 is 0 Å². The van der Waals surface area contributed by atoms with E-state index in [1.165, 1.54) is 28.7 Å². The maximum atomic E-state index is 13.8. The minimum atomic E-state index is -3.72. The number of hydrogen-bond acceptors (Lipinski definition) is 3. The fourth-order valence-electron chi connectivity index (χ4n) is 2.22. The second-order valence-corrected chi connectivity index (χ2v) is 7.47. The van der Waals surface area contributed by atoms with Gasteiger partial charge in [0.05, 0.1) is 0 Å². The molecule has 1 aliphatic carbocycles. The maximum Gasteiger partial charge on any atom is 0.245 e. The van der Waals surface area contributed by atoms with E-state index in [1.807, 2.05) is 0 Å². The van der Waals surface area contributed by atoms with Gasteiger partial charge in [0.25, 0.3) is 0 Å². The Morgan fingerprint density at radius 1 is 1.23 bits per heavy atom. The van der Waals surface area contributed by atoms with Gasteiger partial charge in [-0.3, -0.25) is 0 Å². The zero-order chi connectivity index (χ0) is 15.7. The second kappa shape index (κ2) is 5.95. The zero-order valence-electron chi connectivity index (χ0n) is 11.6. The number of pyridine rings is 1. The van der Waals surface area contributed by atoms with Crippen LogP contribution in [0.4, 0.5) is 4.39 Å². The Morgan fingerprint density at radius 3 is 2.55 bits per heavy atom. The Bertz CT molecular complexity index is 776. The van der Waals surface area contributed by atoms with E-state index in [4.69, 9.17) is 11.6 Å². The normalized spacial score (nSPS) is 15.2. The number of aromatic nitrogens is 1.